The summed E-state index contributed by atoms with van der Waals surface area (Å²) in [6.45, 7) is 1.90. The molecule has 8 heteroatoms. The van der Waals surface area contributed by atoms with Crippen molar-refractivity contribution in [3.05, 3.63) is 81.9 Å². The van der Waals surface area contributed by atoms with Crippen LogP contribution < -0.4 is 15.6 Å². The van der Waals surface area contributed by atoms with Crippen molar-refractivity contribution in [3.63, 3.8) is 0 Å². The van der Waals surface area contributed by atoms with Gasteiger partial charge in [-0.25, -0.2) is 9.37 Å². The molecule has 4 aromatic rings. The zero-order valence-corrected chi connectivity index (χ0v) is 20.7. The third-order valence-corrected chi connectivity index (χ3v) is 7.67. The van der Waals surface area contributed by atoms with Crippen molar-refractivity contribution in [2.75, 3.05) is 7.11 Å². The lowest BCUT2D eigenvalue weighted by Crippen LogP contribution is -2.31. The van der Waals surface area contributed by atoms with Gasteiger partial charge in [0.25, 0.3) is 5.56 Å². The summed E-state index contributed by atoms with van der Waals surface area (Å²) in [5.74, 6) is 0.607. The highest BCUT2D eigenvalue weighted by atomic mass is 19.1. The molecule has 2 aromatic heterocycles. The summed E-state index contributed by atoms with van der Waals surface area (Å²) in [6, 6.07) is 14.0. The highest BCUT2D eigenvalue weighted by molar-refractivity contribution is 5.94. The maximum Gasteiger partial charge on any atom is 0.266 e. The molecule has 0 spiro atoms. The van der Waals surface area contributed by atoms with Crippen molar-refractivity contribution in [1.29, 1.82) is 5.26 Å². The van der Waals surface area contributed by atoms with Gasteiger partial charge in [0.15, 0.2) is 11.6 Å². The summed E-state index contributed by atoms with van der Waals surface area (Å²) < 4.78 is 21.4. The maximum atomic E-state index is 14.8. The minimum absolute atomic E-state index is 0.0987. The van der Waals surface area contributed by atoms with Crippen LogP contribution in [0.25, 0.3) is 27.7 Å². The minimum Gasteiger partial charge on any atom is -0.494 e. The molecule has 1 saturated heterocycles. The Morgan fingerprint density at radius 1 is 1.19 bits per heavy atom. The van der Waals surface area contributed by atoms with E-state index in [-0.39, 0.29) is 17.4 Å². The molecule has 2 unspecified atom stereocenters. The Balaban J connectivity index is 1.64. The molecule has 0 bridgehead atoms. The zero-order chi connectivity index (χ0) is 25.7. The second kappa shape index (κ2) is 9.09. The van der Waals surface area contributed by atoms with E-state index >= 15 is 0 Å². The van der Waals surface area contributed by atoms with Crippen molar-refractivity contribution in [2.24, 2.45) is 5.92 Å². The van der Waals surface area contributed by atoms with Crippen molar-refractivity contribution in [3.8, 4) is 28.6 Å². The van der Waals surface area contributed by atoms with Gasteiger partial charge in [-0.15, -0.1) is 0 Å². The zero-order valence-electron chi connectivity index (χ0n) is 20.7. The third kappa shape index (κ3) is 3.96. The lowest BCUT2D eigenvalue weighted by Gasteiger charge is -2.21. The van der Waals surface area contributed by atoms with Crippen molar-refractivity contribution in [1.82, 2.24) is 19.9 Å². The van der Waals surface area contributed by atoms with Gasteiger partial charge in [0, 0.05) is 35.1 Å². The monoisotopic (exact) mass is 495 g/mol. The fraction of sp³-hybridized carbons (Fsp3) is 0.310. The molecule has 0 radical (unpaired) electrons. The molecule has 37 heavy (non-hydrogen) atoms. The Morgan fingerprint density at radius 3 is 2.76 bits per heavy atom. The fourth-order valence-corrected chi connectivity index (χ4v) is 5.84. The molecule has 3 atom stereocenters. The van der Waals surface area contributed by atoms with E-state index < -0.39 is 5.82 Å². The second-order valence-electron chi connectivity index (χ2n) is 9.90. The first kappa shape index (κ1) is 23.3. The van der Waals surface area contributed by atoms with E-state index in [1.165, 1.54) is 30.2 Å². The van der Waals surface area contributed by atoms with Crippen molar-refractivity contribution >= 4 is 10.9 Å². The van der Waals surface area contributed by atoms with Crippen LogP contribution >= 0.6 is 0 Å². The van der Waals surface area contributed by atoms with Gasteiger partial charge in [-0.3, -0.25) is 14.3 Å². The molecule has 186 valence electrons. The molecule has 1 saturated carbocycles. The standard InChI is InChI=1S/C29H26FN5O2/c1-16-6-7-19(15-32-16)21-10-17(14-31)11-22-27(21)34-28(25-12-18-4-3-5-24(18)33-25)35(29(22)36)20-8-9-26(37-2)23(30)13-20/h6-11,13,15,18,24-25,33H,3-5,12H2,1-2H3/t18-,24?,25?/m0/s1. The quantitative estimate of drug-likeness (QED) is 0.429. The van der Waals surface area contributed by atoms with Gasteiger partial charge < -0.3 is 10.1 Å². The summed E-state index contributed by atoms with van der Waals surface area (Å²) in [5, 5.41) is 13.7. The SMILES string of the molecule is COc1ccc(-n2c(C3C[C@@H]4CCCC4N3)nc3c(-c4ccc(C)nc4)cc(C#N)cc3c2=O)cc1F. The van der Waals surface area contributed by atoms with Gasteiger partial charge in [0.2, 0.25) is 0 Å². The summed E-state index contributed by atoms with van der Waals surface area (Å²) in [5.41, 5.74) is 3.18. The van der Waals surface area contributed by atoms with E-state index in [4.69, 9.17) is 9.72 Å². The second-order valence-corrected chi connectivity index (χ2v) is 9.90. The van der Waals surface area contributed by atoms with E-state index in [0.29, 0.717) is 45.5 Å². The van der Waals surface area contributed by atoms with Gasteiger partial charge in [-0.1, -0.05) is 12.5 Å². The Labute approximate surface area is 213 Å². The molecule has 7 nitrogen and oxygen atoms in total. The van der Waals surface area contributed by atoms with Crippen LogP contribution in [0, 0.1) is 30.0 Å². The van der Waals surface area contributed by atoms with Gasteiger partial charge in [0.1, 0.15) is 5.82 Å². The highest BCUT2D eigenvalue weighted by Crippen LogP contribution is 2.41. The Hall–Kier alpha value is -4.09. The molecule has 1 aliphatic heterocycles. The summed E-state index contributed by atoms with van der Waals surface area (Å²) in [4.78, 5) is 23.6. The first-order valence-corrected chi connectivity index (χ1v) is 12.5. The highest BCUT2D eigenvalue weighted by Gasteiger charge is 2.39. The van der Waals surface area contributed by atoms with Gasteiger partial charge >= 0.3 is 0 Å². The van der Waals surface area contributed by atoms with Crippen LogP contribution in [0.3, 0.4) is 0 Å². The van der Waals surface area contributed by atoms with E-state index in [0.717, 1.165) is 30.5 Å². The lowest BCUT2D eigenvalue weighted by atomic mass is 9.99. The molecule has 3 heterocycles. The van der Waals surface area contributed by atoms with Crippen LogP contribution in [0.15, 0.2) is 53.5 Å². The Morgan fingerprint density at radius 2 is 2.05 bits per heavy atom. The molecule has 2 aromatic carbocycles. The van der Waals surface area contributed by atoms with Crippen LogP contribution in [0.2, 0.25) is 0 Å². The first-order valence-electron chi connectivity index (χ1n) is 12.5. The normalized spacial score (nSPS) is 20.6. The molecular formula is C29H26FN5O2. The predicted octanol–water partition coefficient (Wildman–Crippen LogP) is 4.98. The number of halogens is 1. The van der Waals surface area contributed by atoms with Crippen molar-refractivity contribution in [2.45, 2.75) is 44.7 Å². The number of methoxy groups -OCH3 is 1. The first-order chi connectivity index (χ1) is 18.0. The van der Waals surface area contributed by atoms with Crippen LogP contribution in [0.4, 0.5) is 4.39 Å². The number of hydrogen-bond acceptors (Lipinski definition) is 6. The molecule has 0 amide bonds. The molecule has 2 fully saturated rings. The lowest BCUT2D eigenvalue weighted by molar-refractivity contribution is 0.386. The van der Waals surface area contributed by atoms with Crippen LogP contribution in [-0.4, -0.2) is 27.7 Å². The van der Waals surface area contributed by atoms with Crippen LogP contribution in [0.1, 0.15) is 48.8 Å². The minimum atomic E-state index is -0.564. The summed E-state index contributed by atoms with van der Waals surface area (Å²) in [7, 11) is 1.40. The number of nitriles is 1. The van der Waals surface area contributed by atoms with Gasteiger partial charge in [0.05, 0.1) is 41.4 Å². The summed E-state index contributed by atoms with van der Waals surface area (Å²) >= 11 is 0. The van der Waals surface area contributed by atoms with E-state index in [2.05, 4.69) is 16.4 Å². The largest absolute Gasteiger partial charge is 0.494 e. The van der Waals surface area contributed by atoms with Crippen LogP contribution in [-0.2, 0) is 0 Å². The van der Waals surface area contributed by atoms with Gasteiger partial charge in [-0.2, -0.15) is 5.26 Å². The number of rotatable bonds is 4. The van der Waals surface area contributed by atoms with E-state index in [1.54, 1.807) is 24.4 Å². The number of ether oxygens (including phenoxy) is 1. The average Bonchev–Trinajstić information content (AvgIpc) is 3.51. The predicted molar refractivity (Wildman–Crippen MR) is 138 cm³/mol. The third-order valence-electron chi connectivity index (χ3n) is 7.67. The fourth-order valence-electron chi connectivity index (χ4n) is 5.84. The molecule has 2 aliphatic rings. The average molecular weight is 496 g/mol. The number of aromatic nitrogens is 3. The molecule has 6 rings (SSSR count). The molecule has 1 aliphatic carbocycles. The van der Waals surface area contributed by atoms with Crippen molar-refractivity contribution < 1.29 is 9.13 Å². The summed E-state index contributed by atoms with van der Waals surface area (Å²) in [6.07, 6.45) is 6.03. The van der Waals surface area contributed by atoms with Gasteiger partial charge in [-0.05, 0) is 62.4 Å². The number of nitrogens with one attached hydrogen (secondary N) is 1. The van der Waals surface area contributed by atoms with Crippen LogP contribution in [0.5, 0.6) is 5.75 Å². The molecule has 1 N–H and O–H groups in total. The van der Waals surface area contributed by atoms with E-state index in [9.17, 15) is 14.4 Å². The topological polar surface area (TPSA) is 92.8 Å². The molecular weight excluding hydrogens is 469 g/mol. The van der Waals surface area contributed by atoms with E-state index in [1.807, 2.05) is 19.1 Å². The maximum absolute atomic E-state index is 14.8. The number of benzene rings is 2. The number of fused-ring (bicyclic) bond motifs is 2. The number of nitrogens with zero attached hydrogens (tertiary/aromatic N) is 4. The number of pyridine rings is 1. The Kier molecular flexibility index (Phi) is 5.73. The smallest absolute Gasteiger partial charge is 0.266 e. The Bertz CT molecular complexity index is 1610. The number of aryl methyl sites for hydroxylation is 1. The number of hydrogen-bond donors (Lipinski definition) is 1.